The lowest BCUT2D eigenvalue weighted by molar-refractivity contribution is 0.322. The maximum absolute atomic E-state index is 4.96. The molecule has 2 heterocycles. The molecule has 0 aliphatic carbocycles. The van der Waals surface area contributed by atoms with Crippen molar-refractivity contribution in [2.75, 3.05) is 19.6 Å². The molecule has 1 unspecified atom stereocenters. The van der Waals surface area contributed by atoms with Gasteiger partial charge in [-0.25, -0.2) is 0 Å². The van der Waals surface area contributed by atoms with Crippen molar-refractivity contribution in [3.8, 4) is 0 Å². The minimum Gasteiger partial charge on any atom is -0.340 e. The lowest BCUT2D eigenvalue weighted by Gasteiger charge is -2.17. The van der Waals surface area contributed by atoms with Crippen molar-refractivity contribution < 1.29 is 4.52 Å². The molecule has 1 N–H and O–H groups in total. The van der Waals surface area contributed by atoms with Gasteiger partial charge >= 0.3 is 0 Å². The Bertz CT molecular complexity index is 350. The van der Waals surface area contributed by atoms with Crippen LogP contribution in [0.3, 0.4) is 0 Å². The molecule has 0 spiro atoms. The van der Waals surface area contributed by atoms with Gasteiger partial charge in [-0.2, -0.15) is 4.98 Å². The quantitative estimate of drug-likeness (QED) is 0.829. The van der Waals surface area contributed by atoms with Crippen LogP contribution in [0, 0.1) is 6.92 Å². The first kappa shape index (κ1) is 12.5. The Hall–Kier alpha value is -0.940. The van der Waals surface area contributed by atoms with Crippen LogP contribution < -0.4 is 5.32 Å². The summed E-state index contributed by atoms with van der Waals surface area (Å²) in [5.41, 5.74) is 0. The number of aryl methyl sites for hydroxylation is 1. The second kappa shape index (κ2) is 5.60. The van der Waals surface area contributed by atoms with E-state index in [9.17, 15) is 0 Å². The van der Waals surface area contributed by atoms with Crippen molar-refractivity contribution in [2.45, 2.75) is 45.7 Å². The predicted octanol–water partition coefficient (Wildman–Crippen LogP) is 0.993. The van der Waals surface area contributed by atoms with Crippen LogP contribution in [0.5, 0.6) is 0 Å². The Morgan fingerprint density at radius 2 is 2.35 bits per heavy atom. The summed E-state index contributed by atoms with van der Waals surface area (Å²) < 4.78 is 4.96. The normalized spacial score (nSPS) is 21.5. The summed E-state index contributed by atoms with van der Waals surface area (Å²) in [5, 5.41) is 7.50. The van der Waals surface area contributed by atoms with Crippen molar-refractivity contribution >= 4 is 0 Å². The van der Waals surface area contributed by atoms with E-state index in [1.807, 2.05) is 6.92 Å². The predicted molar refractivity (Wildman–Crippen MR) is 65.9 cm³/mol. The van der Waals surface area contributed by atoms with E-state index in [4.69, 9.17) is 4.52 Å². The summed E-state index contributed by atoms with van der Waals surface area (Å²) in [6.45, 7) is 9.55. The van der Waals surface area contributed by atoms with Crippen molar-refractivity contribution in [2.24, 2.45) is 0 Å². The summed E-state index contributed by atoms with van der Waals surface area (Å²) in [7, 11) is 0. The molecule has 1 atom stereocenters. The van der Waals surface area contributed by atoms with Gasteiger partial charge in [-0.05, 0) is 13.0 Å². The first-order chi connectivity index (χ1) is 8.13. The monoisotopic (exact) mass is 238 g/mol. The van der Waals surface area contributed by atoms with Gasteiger partial charge in [0.2, 0.25) is 5.89 Å². The third-order valence-corrected chi connectivity index (χ3v) is 3.06. The molecule has 0 amide bonds. The van der Waals surface area contributed by atoms with Gasteiger partial charge < -0.3 is 14.7 Å². The highest BCUT2D eigenvalue weighted by atomic mass is 16.5. The van der Waals surface area contributed by atoms with E-state index in [1.165, 1.54) is 13.0 Å². The molecule has 1 aromatic heterocycles. The van der Waals surface area contributed by atoms with Gasteiger partial charge in [-0.15, -0.1) is 0 Å². The van der Waals surface area contributed by atoms with E-state index in [0.29, 0.717) is 18.0 Å². The zero-order valence-corrected chi connectivity index (χ0v) is 10.9. The van der Waals surface area contributed by atoms with Crippen molar-refractivity contribution in [3.05, 3.63) is 11.7 Å². The fourth-order valence-corrected chi connectivity index (χ4v) is 2.34. The number of nitrogens with zero attached hydrogens (tertiary/aromatic N) is 3. The van der Waals surface area contributed by atoms with Gasteiger partial charge in [0.1, 0.15) is 0 Å². The summed E-state index contributed by atoms with van der Waals surface area (Å²) in [4.78, 5) is 6.68. The molecule has 0 radical (unpaired) electrons. The van der Waals surface area contributed by atoms with E-state index < -0.39 is 0 Å². The number of aromatic nitrogens is 2. The van der Waals surface area contributed by atoms with Gasteiger partial charge in [0.25, 0.3) is 0 Å². The molecule has 0 saturated carbocycles. The first-order valence-corrected chi connectivity index (χ1v) is 6.41. The van der Waals surface area contributed by atoms with Crippen LogP contribution in [0.1, 0.15) is 32.0 Å². The lowest BCUT2D eigenvalue weighted by Crippen LogP contribution is -2.37. The number of rotatable bonds is 5. The topological polar surface area (TPSA) is 54.2 Å². The Kier molecular flexibility index (Phi) is 4.12. The molecule has 1 fully saturated rings. The minimum atomic E-state index is 0.569. The zero-order chi connectivity index (χ0) is 12.3. The van der Waals surface area contributed by atoms with Crippen molar-refractivity contribution in [1.82, 2.24) is 20.4 Å². The smallest absolute Gasteiger partial charge is 0.223 e. The van der Waals surface area contributed by atoms with Crippen LogP contribution in [0.4, 0.5) is 0 Å². The van der Waals surface area contributed by atoms with Crippen LogP contribution in [0.25, 0.3) is 0 Å². The molecule has 0 aromatic carbocycles. The molecular weight excluding hydrogens is 216 g/mol. The van der Waals surface area contributed by atoms with E-state index in [-0.39, 0.29) is 0 Å². The molecule has 1 saturated heterocycles. The molecule has 1 aromatic rings. The largest absolute Gasteiger partial charge is 0.340 e. The van der Waals surface area contributed by atoms with Crippen LogP contribution in [0.2, 0.25) is 0 Å². The fraction of sp³-hybridized carbons (Fsp3) is 0.833. The minimum absolute atomic E-state index is 0.569. The van der Waals surface area contributed by atoms with E-state index in [1.54, 1.807) is 0 Å². The highest BCUT2D eigenvalue weighted by molar-refractivity contribution is 4.88. The zero-order valence-electron chi connectivity index (χ0n) is 10.9. The number of likely N-dealkylation sites (tertiary alicyclic amines) is 1. The average molecular weight is 238 g/mol. The van der Waals surface area contributed by atoms with E-state index >= 15 is 0 Å². The standard InChI is InChI=1S/C12H22N4O/c1-9(2)13-11-4-6-16(8-11)7-5-12-14-10(3)17-15-12/h9,11,13H,4-8H2,1-3H3. The molecule has 17 heavy (non-hydrogen) atoms. The molecule has 1 aliphatic rings. The Balaban J connectivity index is 1.71. The Morgan fingerprint density at radius 1 is 1.53 bits per heavy atom. The summed E-state index contributed by atoms with van der Waals surface area (Å²) in [6.07, 6.45) is 2.12. The molecule has 5 nitrogen and oxygen atoms in total. The molecule has 0 bridgehead atoms. The van der Waals surface area contributed by atoms with Crippen LogP contribution in [0.15, 0.2) is 4.52 Å². The summed E-state index contributed by atoms with van der Waals surface area (Å²) >= 11 is 0. The number of hydrogen-bond acceptors (Lipinski definition) is 5. The molecule has 5 heteroatoms. The van der Waals surface area contributed by atoms with Gasteiger partial charge in [0, 0.05) is 38.5 Å². The van der Waals surface area contributed by atoms with E-state index in [0.717, 1.165) is 25.3 Å². The average Bonchev–Trinajstić information content (AvgIpc) is 2.84. The Labute approximate surface area is 103 Å². The van der Waals surface area contributed by atoms with Crippen LogP contribution in [-0.2, 0) is 6.42 Å². The van der Waals surface area contributed by atoms with E-state index in [2.05, 4.69) is 34.2 Å². The third-order valence-electron chi connectivity index (χ3n) is 3.06. The van der Waals surface area contributed by atoms with Gasteiger partial charge in [-0.3, -0.25) is 0 Å². The van der Waals surface area contributed by atoms with Gasteiger partial charge in [-0.1, -0.05) is 19.0 Å². The Morgan fingerprint density at radius 3 is 3.00 bits per heavy atom. The van der Waals surface area contributed by atoms with Gasteiger partial charge in [0.15, 0.2) is 5.82 Å². The SMILES string of the molecule is Cc1nc(CCN2CCC(NC(C)C)C2)no1. The van der Waals surface area contributed by atoms with Crippen LogP contribution in [-0.4, -0.2) is 46.8 Å². The van der Waals surface area contributed by atoms with Crippen LogP contribution >= 0.6 is 0 Å². The summed E-state index contributed by atoms with van der Waals surface area (Å²) in [6, 6.07) is 1.21. The highest BCUT2D eigenvalue weighted by Crippen LogP contribution is 2.10. The summed E-state index contributed by atoms with van der Waals surface area (Å²) in [5.74, 6) is 1.48. The second-order valence-corrected chi connectivity index (χ2v) is 5.09. The molecule has 2 rings (SSSR count). The number of hydrogen-bond donors (Lipinski definition) is 1. The fourth-order valence-electron chi connectivity index (χ4n) is 2.34. The van der Waals surface area contributed by atoms with Crippen molar-refractivity contribution in [1.29, 1.82) is 0 Å². The maximum atomic E-state index is 4.96. The molecule has 96 valence electrons. The molecular formula is C12H22N4O. The van der Waals surface area contributed by atoms with Gasteiger partial charge in [0.05, 0.1) is 0 Å². The third kappa shape index (κ3) is 3.78. The number of nitrogens with one attached hydrogen (secondary N) is 1. The first-order valence-electron chi connectivity index (χ1n) is 6.41. The van der Waals surface area contributed by atoms with Crippen molar-refractivity contribution in [3.63, 3.8) is 0 Å². The lowest BCUT2D eigenvalue weighted by atomic mass is 10.2. The molecule has 1 aliphatic heterocycles. The second-order valence-electron chi connectivity index (χ2n) is 5.09. The maximum Gasteiger partial charge on any atom is 0.223 e. The highest BCUT2D eigenvalue weighted by Gasteiger charge is 2.22.